The molecule has 2 N–H and O–H groups in total. The maximum Gasteiger partial charge on any atom is 0.319 e. The minimum atomic E-state index is -0.290. The number of urea groups is 1. The lowest BCUT2D eigenvalue weighted by Gasteiger charge is -2.11. The smallest absolute Gasteiger partial charge is 0.319 e. The zero-order valence-corrected chi connectivity index (χ0v) is 12.7. The summed E-state index contributed by atoms with van der Waals surface area (Å²) in [5.74, 6) is 0.629. The van der Waals surface area contributed by atoms with Crippen LogP contribution in [0.15, 0.2) is 24.3 Å². The minimum Gasteiger partial charge on any atom is -0.495 e. The molecule has 0 atom stereocenters. The zero-order valence-electron chi connectivity index (χ0n) is 12.7. The Bertz CT molecular complexity index is 630. The van der Waals surface area contributed by atoms with E-state index in [0.717, 1.165) is 17.0 Å². The molecule has 21 heavy (non-hydrogen) atoms. The number of rotatable bonds is 4. The van der Waals surface area contributed by atoms with Gasteiger partial charge in [0.05, 0.1) is 25.0 Å². The van der Waals surface area contributed by atoms with E-state index in [2.05, 4.69) is 15.7 Å². The second-order valence-corrected chi connectivity index (χ2v) is 4.91. The number of amides is 2. The number of anilines is 1. The average Bonchev–Trinajstić information content (AvgIpc) is 2.76. The Kier molecular flexibility index (Phi) is 4.47. The Balaban J connectivity index is 1.97. The molecule has 0 spiro atoms. The van der Waals surface area contributed by atoms with Crippen LogP contribution in [0.1, 0.15) is 17.0 Å². The van der Waals surface area contributed by atoms with Crippen molar-refractivity contribution in [2.24, 2.45) is 7.05 Å². The summed E-state index contributed by atoms with van der Waals surface area (Å²) in [6, 6.07) is 7.27. The first-order chi connectivity index (χ1) is 9.99. The van der Waals surface area contributed by atoms with Gasteiger partial charge in [-0.15, -0.1) is 0 Å². The molecule has 0 bridgehead atoms. The van der Waals surface area contributed by atoms with E-state index in [-0.39, 0.29) is 6.03 Å². The number of benzene rings is 1. The third-order valence-corrected chi connectivity index (χ3v) is 3.20. The van der Waals surface area contributed by atoms with Gasteiger partial charge in [-0.05, 0) is 37.6 Å². The molecule has 0 aliphatic rings. The van der Waals surface area contributed by atoms with Gasteiger partial charge >= 0.3 is 6.03 Å². The number of aromatic nitrogens is 2. The van der Waals surface area contributed by atoms with Crippen molar-refractivity contribution in [2.45, 2.75) is 20.4 Å². The second-order valence-electron chi connectivity index (χ2n) is 4.91. The van der Waals surface area contributed by atoms with Gasteiger partial charge in [0, 0.05) is 12.7 Å². The van der Waals surface area contributed by atoms with Crippen molar-refractivity contribution < 1.29 is 9.53 Å². The molecule has 6 nitrogen and oxygen atoms in total. The molecular formula is C15H20N4O2. The third kappa shape index (κ3) is 3.75. The quantitative estimate of drug-likeness (QED) is 0.907. The van der Waals surface area contributed by atoms with Crippen molar-refractivity contribution in [1.82, 2.24) is 15.1 Å². The Morgan fingerprint density at radius 1 is 1.33 bits per heavy atom. The highest BCUT2D eigenvalue weighted by molar-refractivity contribution is 5.91. The number of nitrogens with zero attached hydrogens (tertiary/aromatic N) is 2. The number of carbonyl (C=O) groups excluding carboxylic acids is 1. The fourth-order valence-electron chi connectivity index (χ4n) is 1.98. The first-order valence-electron chi connectivity index (χ1n) is 6.68. The lowest BCUT2D eigenvalue weighted by atomic mass is 10.2. The van der Waals surface area contributed by atoms with Crippen molar-refractivity contribution in [3.63, 3.8) is 0 Å². The van der Waals surface area contributed by atoms with Crippen LogP contribution in [0.5, 0.6) is 5.75 Å². The SMILES string of the molecule is COc1ccc(C)cc1NC(=O)NCc1cc(C)n(C)n1. The molecule has 6 heteroatoms. The van der Waals surface area contributed by atoms with Crippen LogP contribution in [0.2, 0.25) is 0 Å². The number of carbonyl (C=O) groups is 1. The van der Waals surface area contributed by atoms with Gasteiger partial charge in [-0.1, -0.05) is 6.07 Å². The summed E-state index contributed by atoms with van der Waals surface area (Å²) in [5, 5.41) is 9.85. The lowest BCUT2D eigenvalue weighted by molar-refractivity contribution is 0.251. The number of nitrogens with one attached hydrogen (secondary N) is 2. The van der Waals surface area contributed by atoms with Gasteiger partial charge < -0.3 is 15.4 Å². The largest absolute Gasteiger partial charge is 0.495 e. The molecule has 0 radical (unpaired) electrons. The van der Waals surface area contributed by atoms with Gasteiger partial charge in [-0.2, -0.15) is 5.10 Å². The number of hydrogen-bond acceptors (Lipinski definition) is 3. The monoisotopic (exact) mass is 288 g/mol. The summed E-state index contributed by atoms with van der Waals surface area (Å²) >= 11 is 0. The summed E-state index contributed by atoms with van der Waals surface area (Å²) in [6.45, 7) is 4.30. The van der Waals surface area contributed by atoms with Gasteiger partial charge in [-0.25, -0.2) is 4.79 Å². The Labute approximate surface area is 124 Å². The predicted octanol–water partition coefficient (Wildman–Crippen LogP) is 2.37. The molecular weight excluding hydrogens is 268 g/mol. The predicted molar refractivity (Wildman–Crippen MR) is 81.5 cm³/mol. The van der Waals surface area contributed by atoms with E-state index in [1.165, 1.54) is 0 Å². The number of aryl methyl sites for hydroxylation is 3. The molecule has 0 aliphatic heterocycles. The molecule has 2 amide bonds. The summed E-state index contributed by atoms with van der Waals surface area (Å²) in [6.07, 6.45) is 0. The van der Waals surface area contributed by atoms with E-state index < -0.39 is 0 Å². The molecule has 1 aromatic heterocycles. The number of methoxy groups -OCH3 is 1. The van der Waals surface area contributed by atoms with Gasteiger partial charge in [-0.3, -0.25) is 4.68 Å². The fourth-order valence-corrected chi connectivity index (χ4v) is 1.98. The fraction of sp³-hybridized carbons (Fsp3) is 0.333. The molecule has 112 valence electrons. The van der Waals surface area contributed by atoms with Crippen LogP contribution >= 0.6 is 0 Å². The topological polar surface area (TPSA) is 68.2 Å². The molecule has 0 fully saturated rings. The van der Waals surface area contributed by atoms with Crippen molar-refractivity contribution in [2.75, 3.05) is 12.4 Å². The van der Waals surface area contributed by atoms with Crippen molar-refractivity contribution in [3.8, 4) is 5.75 Å². The van der Waals surface area contributed by atoms with Crippen LogP contribution in [0.25, 0.3) is 0 Å². The van der Waals surface area contributed by atoms with E-state index in [1.807, 2.05) is 45.2 Å². The van der Waals surface area contributed by atoms with E-state index >= 15 is 0 Å². The van der Waals surface area contributed by atoms with E-state index in [9.17, 15) is 4.79 Å². The van der Waals surface area contributed by atoms with Crippen molar-refractivity contribution in [3.05, 3.63) is 41.2 Å². The Morgan fingerprint density at radius 2 is 2.10 bits per heavy atom. The van der Waals surface area contributed by atoms with Crippen LogP contribution < -0.4 is 15.4 Å². The first-order valence-corrected chi connectivity index (χ1v) is 6.68. The molecule has 0 saturated heterocycles. The molecule has 0 aliphatic carbocycles. The van der Waals surface area contributed by atoms with E-state index in [1.54, 1.807) is 11.8 Å². The third-order valence-electron chi connectivity index (χ3n) is 3.20. The average molecular weight is 288 g/mol. The van der Waals surface area contributed by atoms with Crippen LogP contribution in [-0.4, -0.2) is 22.9 Å². The highest BCUT2D eigenvalue weighted by atomic mass is 16.5. The van der Waals surface area contributed by atoms with Crippen LogP contribution in [-0.2, 0) is 13.6 Å². The van der Waals surface area contributed by atoms with Gasteiger partial charge in [0.1, 0.15) is 5.75 Å². The summed E-state index contributed by atoms with van der Waals surface area (Å²) < 4.78 is 7.00. The highest BCUT2D eigenvalue weighted by Gasteiger charge is 2.08. The van der Waals surface area contributed by atoms with E-state index in [4.69, 9.17) is 4.74 Å². The Hall–Kier alpha value is -2.50. The number of ether oxygens (including phenoxy) is 1. The standard InChI is InChI=1S/C15H20N4O2/c1-10-5-6-14(21-4)13(7-10)17-15(20)16-9-12-8-11(2)19(3)18-12/h5-8H,9H2,1-4H3,(H2,16,17,20). The van der Waals surface area contributed by atoms with Crippen LogP contribution in [0.4, 0.5) is 10.5 Å². The Morgan fingerprint density at radius 3 is 2.71 bits per heavy atom. The molecule has 2 rings (SSSR count). The van der Waals surface area contributed by atoms with Crippen molar-refractivity contribution >= 4 is 11.7 Å². The molecule has 1 aromatic carbocycles. The maximum absolute atomic E-state index is 11.9. The molecule has 0 saturated carbocycles. The van der Waals surface area contributed by atoms with Crippen LogP contribution in [0, 0.1) is 13.8 Å². The van der Waals surface area contributed by atoms with Crippen LogP contribution in [0.3, 0.4) is 0 Å². The first kappa shape index (κ1) is 14.9. The van der Waals surface area contributed by atoms with Gasteiger partial charge in [0.25, 0.3) is 0 Å². The molecule has 1 heterocycles. The molecule has 0 unspecified atom stereocenters. The summed E-state index contributed by atoms with van der Waals surface area (Å²) in [5.41, 5.74) is 3.56. The highest BCUT2D eigenvalue weighted by Crippen LogP contribution is 2.24. The minimum absolute atomic E-state index is 0.290. The van der Waals surface area contributed by atoms with E-state index in [0.29, 0.717) is 18.0 Å². The normalized spacial score (nSPS) is 10.3. The maximum atomic E-state index is 11.9. The van der Waals surface area contributed by atoms with Gasteiger partial charge in [0.2, 0.25) is 0 Å². The second kappa shape index (κ2) is 6.30. The zero-order chi connectivity index (χ0) is 15.4. The van der Waals surface area contributed by atoms with Gasteiger partial charge in [0.15, 0.2) is 0 Å². The summed E-state index contributed by atoms with van der Waals surface area (Å²) in [7, 11) is 3.45. The summed E-state index contributed by atoms with van der Waals surface area (Å²) in [4.78, 5) is 11.9. The number of hydrogen-bond donors (Lipinski definition) is 2. The molecule has 2 aromatic rings. The van der Waals surface area contributed by atoms with Crippen molar-refractivity contribution in [1.29, 1.82) is 0 Å². The lowest BCUT2D eigenvalue weighted by Crippen LogP contribution is -2.28.